The third kappa shape index (κ3) is 9.82. The average molecular weight is 685 g/mol. The van der Waals surface area contributed by atoms with E-state index in [2.05, 4.69) is 21.2 Å². The van der Waals surface area contributed by atoms with Crippen molar-refractivity contribution in [2.24, 2.45) is 0 Å². The lowest BCUT2D eigenvalue weighted by atomic mass is 10.0. The molecule has 10 heteroatoms. The molecule has 1 N–H and O–H groups in total. The number of anilines is 1. The SMILES string of the molecule is CCOc1ccc(N(CCCC(=O)N(Cc2ccc(Br)cc2)[C@@H](Cc2ccccc2)C(=O)NC2CCCC2)S(C)(=O)=O)cc1. The number of nitrogens with zero attached hydrogens (tertiary/aromatic N) is 2. The molecule has 0 aliphatic heterocycles. The van der Waals surface area contributed by atoms with E-state index in [1.165, 1.54) is 4.31 Å². The summed E-state index contributed by atoms with van der Waals surface area (Å²) in [6.07, 6.45) is 5.97. The Balaban J connectivity index is 1.56. The quantitative estimate of drug-likeness (QED) is 0.209. The molecular weight excluding hydrogens is 642 g/mol. The minimum atomic E-state index is -3.60. The molecule has 8 nitrogen and oxygen atoms in total. The van der Waals surface area contributed by atoms with Gasteiger partial charge < -0.3 is 15.0 Å². The van der Waals surface area contributed by atoms with Crippen molar-refractivity contribution in [3.05, 3.63) is 94.5 Å². The summed E-state index contributed by atoms with van der Waals surface area (Å²) in [4.78, 5) is 29.5. The van der Waals surface area contributed by atoms with Crippen LogP contribution in [0, 0.1) is 0 Å². The van der Waals surface area contributed by atoms with Crippen LogP contribution in [0.25, 0.3) is 0 Å². The number of sulfonamides is 1. The zero-order valence-electron chi connectivity index (χ0n) is 25.5. The van der Waals surface area contributed by atoms with E-state index >= 15 is 0 Å². The molecule has 4 rings (SSSR count). The molecule has 1 saturated carbocycles. The van der Waals surface area contributed by atoms with Crippen molar-refractivity contribution in [2.45, 2.75) is 70.5 Å². The molecule has 1 atom stereocenters. The van der Waals surface area contributed by atoms with Gasteiger partial charge in [0.05, 0.1) is 18.6 Å². The van der Waals surface area contributed by atoms with Crippen LogP contribution in [0.2, 0.25) is 0 Å². The second kappa shape index (κ2) is 16.1. The number of hydrogen-bond donors (Lipinski definition) is 1. The van der Waals surface area contributed by atoms with Crippen LogP contribution in [-0.2, 0) is 32.6 Å². The van der Waals surface area contributed by atoms with Crippen molar-refractivity contribution < 1.29 is 22.7 Å². The van der Waals surface area contributed by atoms with Gasteiger partial charge in [0, 0.05) is 36.4 Å². The van der Waals surface area contributed by atoms with Crippen molar-refractivity contribution in [1.29, 1.82) is 0 Å². The fourth-order valence-corrected chi connectivity index (χ4v) is 6.82. The zero-order chi connectivity index (χ0) is 31.5. The van der Waals surface area contributed by atoms with Gasteiger partial charge in [0.2, 0.25) is 21.8 Å². The molecule has 1 fully saturated rings. The first-order chi connectivity index (χ1) is 21.1. The van der Waals surface area contributed by atoms with Gasteiger partial charge in [-0.05, 0) is 73.7 Å². The molecule has 0 bridgehead atoms. The number of nitrogens with one attached hydrogen (secondary N) is 1. The Morgan fingerprint density at radius 3 is 2.23 bits per heavy atom. The first-order valence-corrected chi connectivity index (χ1v) is 17.9. The van der Waals surface area contributed by atoms with E-state index in [1.807, 2.05) is 61.5 Å². The van der Waals surface area contributed by atoms with Crippen LogP contribution in [0.5, 0.6) is 5.75 Å². The molecule has 236 valence electrons. The molecule has 3 aromatic rings. The number of amides is 2. The first kappa shape index (κ1) is 33.5. The lowest BCUT2D eigenvalue weighted by Crippen LogP contribution is -2.52. The minimum absolute atomic E-state index is 0.0849. The monoisotopic (exact) mass is 683 g/mol. The predicted molar refractivity (Wildman–Crippen MR) is 178 cm³/mol. The summed E-state index contributed by atoms with van der Waals surface area (Å²) in [7, 11) is -3.60. The number of carbonyl (C=O) groups is 2. The Morgan fingerprint density at radius 1 is 0.955 bits per heavy atom. The largest absolute Gasteiger partial charge is 0.494 e. The van der Waals surface area contributed by atoms with Gasteiger partial charge >= 0.3 is 0 Å². The molecule has 0 spiro atoms. The smallest absolute Gasteiger partial charge is 0.243 e. The first-order valence-electron chi connectivity index (χ1n) is 15.2. The van der Waals surface area contributed by atoms with Gasteiger partial charge in [-0.1, -0.05) is 71.2 Å². The van der Waals surface area contributed by atoms with Crippen molar-refractivity contribution in [2.75, 3.05) is 23.7 Å². The molecule has 44 heavy (non-hydrogen) atoms. The third-order valence-electron chi connectivity index (χ3n) is 7.83. The summed E-state index contributed by atoms with van der Waals surface area (Å²) in [5, 5.41) is 3.22. The molecule has 0 heterocycles. The molecule has 3 aromatic carbocycles. The lowest BCUT2D eigenvalue weighted by Gasteiger charge is -2.33. The van der Waals surface area contributed by atoms with E-state index in [9.17, 15) is 18.0 Å². The summed E-state index contributed by atoms with van der Waals surface area (Å²) in [6.45, 7) is 2.78. The topological polar surface area (TPSA) is 96.0 Å². The highest BCUT2D eigenvalue weighted by molar-refractivity contribution is 9.10. The highest BCUT2D eigenvalue weighted by atomic mass is 79.9. The molecule has 0 unspecified atom stereocenters. The average Bonchev–Trinajstić information content (AvgIpc) is 3.51. The predicted octanol–water partition coefficient (Wildman–Crippen LogP) is 6.09. The van der Waals surface area contributed by atoms with E-state index < -0.39 is 16.1 Å². The van der Waals surface area contributed by atoms with Gasteiger partial charge in [0.25, 0.3) is 0 Å². The molecular formula is C34H42BrN3O5S. The number of ether oxygens (including phenoxy) is 1. The Kier molecular flexibility index (Phi) is 12.3. The number of halogens is 1. The van der Waals surface area contributed by atoms with E-state index in [1.54, 1.807) is 29.2 Å². The summed E-state index contributed by atoms with van der Waals surface area (Å²) in [6, 6.07) is 23.7. The Morgan fingerprint density at radius 2 is 1.61 bits per heavy atom. The van der Waals surface area contributed by atoms with Crippen LogP contribution in [0.15, 0.2) is 83.3 Å². The fourth-order valence-electron chi connectivity index (χ4n) is 5.59. The van der Waals surface area contributed by atoms with E-state index in [0.29, 0.717) is 24.5 Å². The molecule has 0 saturated heterocycles. The van der Waals surface area contributed by atoms with Crippen LogP contribution < -0.4 is 14.4 Å². The van der Waals surface area contributed by atoms with Crippen molar-refractivity contribution in [3.8, 4) is 5.75 Å². The maximum atomic E-state index is 14.0. The van der Waals surface area contributed by atoms with Gasteiger partial charge in [-0.15, -0.1) is 0 Å². The lowest BCUT2D eigenvalue weighted by molar-refractivity contribution is -0.141. The molecule has 0 radical (unpaired) electrons. The minimum Gasteiger partial charge on any atom is -0.494 e. The molecule has 2 amide bonds. The zero-order valence-corrected chi connectivity index (χ0v) is 27.9. The van der Waals surface area contributed by atoms with Gasteiger partial charge in [-0.3, -0.25) is 13.9 Å². The standard InChI is InChI=1S/C34H42BrN3O5S/c1-3-43-31-21-19-30(20-22-31)38(44(2,41)42)23-9-14-33(39)37(25-27-15-17-28(35)18-16-27)32(24-26-10-5-4-6-11-26)34(40)36-29-12-7-8-13-29/h4-6,10-11,15-22,29,32H,3,7-9,12-14,23-25H2,1-2H3,(H,36,40)/t32-/m0/s1. The molecule has 1 aliphatic rings. The summed E-state index contributed by atoms with van der Waals surface area (Å²) < 4.78 is 33.2. The number of carbonyl (C=O) groups excluding carboxylic acids is 2. The number of hydrogen-bond acceptors (Lipinski definition) is 5. The Labute approximate surface area is 270 Å². The van der Waals surface area contributed by atoms with Gasteiger partial charge in [-0.25, -0.2) is 8.42 Å². The van der Waals surface area contributed by atoms with Crippen LogP contribution >= 0.6 is 15.9 Å². The van der Waals surface area contributed by atoms with Gasteiger partial charge in [0.1, 0.15) is 11.8 Å². The highest BCUT2D eigenvalue weighted by Gasteiger charge is 2.32. The van der Waals surface area contributed by atoms with Crippen molar-refractivity contribution in [3.63, 3.8) is 0 Å². The van der Waals surface area contributed by atoms with Crippen LogP contribution in [0.4, 0.5) is 5.69 Å². The Bertz CT molecular complexity index is 1460. The fraction of sp³-hybridized carbons (Fsp3) is 0.412. The molecule has 1 aliphatic carbocycles. The van der Waals surface area contributed by atoms with E-state index in [-0.39, 0.29) is 43.8 Å². The number of rotatable bonds is 15. The van der Waals surface area contributed by atoms with Crippen molar-refractivity contribution >= 4 is 43.5 Å². The van der Waals surface area contributed by atoms with E-state index in [4.69, 9.17) is 4.74 Å². The second-order valence-corrected chi connectivity index (χ2v) is 14.0. The van der Waals surface area contributed by atoms with Crippen LogP contribution in [0.3, 0.4) is 0 Å². The summed E-state index contributed by atoms with van der Waals surface area (Å²) in [5.74, 6) is 0.303. The van der Waals surface area contributed by atoms with Gasteiger partial charge in [-0.2, -0.15) is 0 Å². The highest BCUT2D eigenvalue weighted by Crippen LogP contribution is 2.24. The third-order valence-corrected chi connectivity index (χ3v) is 9.55. The van der Waals surface area contributed by atoms with Gasteiger partial charge in [0.15, 0.2) is 0 Å². The Hall–Kier alpha value is -3.37. The molecule has 0 aromatic heterocycles. The van der Waals surface area contributed by atoms with Crippen LogP contribution in [-0.4, -0.2) is 56.6 Å². The maximum absolute atomic E-state index is 14.0. The normalized spacial score (nSPS) is 14.2. The summed E-state index contributed by atoms with van der Waals surface area (Å²) >= 11 is 3.48. The number of benzene rings is 3. The van der Waals surface area contributed by atoms with Crippen LogP contribution in [0.1, 0.15) is 56.6 Å². The maximum Gasteiger partial charge on any atom is 0.243 e. The second-order valence-electron chi connectivity index (χ2n) is 11.2. The van der Waals surface area contributed by atoms with E-state index in [0.717, 1.165) is 47.5 Å². The summed E-state index contributed by atoms with van der Waals surface area (Å²) in [5.41, 5.74) is 2.37. The van der Waals surface area contributed by atoms with Crippen molar-refractivity contribution in [1.82, 2.24) is 10.2 Å².